The summed E-state index contributed by atoms with van der Waals surface area (Å²) >= 11 is 0. The second-order valence-electron chi connectivity index (χ2n) is 4.81. The summed E-state index contributed by atoms with van der Waals surface area (Å²) in [6, 6.07) is 0.710. The first kappa shape index (κ1) is 10.9. The maximum Gasteiger partial charge on any atom is 0.0672 e. The molecule has 84 valence electrons. The van der Waals surface area contributed by atoms with Crippen LogP contribution in [0.25, 0.3) is 0 Å². The predicted octanol–water partition coefficient (Wildman–Crippen LogP) is 2.13. The minimum Gasteiger partial charge on any atom is -0.376 e. The van der Waals surface area contributed by atoms with E-state index < -0.39 is 0 Å². The van der Waals surface area contributed by atoms with Gasteiger partial charge in [0, 0.05) is 12.6 Å². The largest absolute Gasteiger partial charge is 0.376 e. The molecule has 0 aromatic heterocycles. The Bertz CT molecular complexity index is 259. The summed E-state index contributed by atoms with van der Waals surface area (Å²) in [5.41, 5.74) is 1.09. The van der Waals surface area contributed by atoms with Crippen LogP contribution in [-0.4, -0.2) is 25.8 Å². The highest BCUT2D eigenvalue weighted by atomic mass is 16.5. The van der Waals surface area contributed by atoms with Crippen LogP contribution in [0.4, 0.5) is 0 Å². The Morgan fingerprint density at radius 1 is 1.60 bits per heavy atom. The van der Waals surface area contributed by atoms with E-state index in [1.54, 1.807) is 0 Å². The van der Waals surface area contributed by atoms with E-state index in [1.165, 1.54) is 12.8 Å². The van der Waals surface area contributed by atoms with E-state index in [9.17, 15) is 0 Å². The molecule has 0 spiro atoms. The molecule has 1 N–H and O–H groups in total. The molecule has 2 rings (SSSR count). The molecule has 2 heteroatoms. The van der Waals surface area contributed by atoms with Gasteiger partial charge in [0.15, 0.2) is 0 Å². The van der Waals surface area contributed by atoms with Crippen molar-refractivity contribution in [2.24, 2.45) is 11.8 Å². The molecule has 1 saturated carbocycles. The van der Waals surface area contributed by atoms with Gasteiger partial charge >= 0.3 is 0 Å². The van der Waals surface area contributed by atoms with E-state index in [2.05, 4.69) is 24.0 Å². The second-order valence-corrected chi connectivity index (χ2v) is 4.81. The molecule has 15 heavy (non-hydrogen) atoms. The summed E-state index contributed by atoms with van der Waals surface area (Å²) in [7, 11) is 0. The van der Waals surface area contributed by atoms with Crippen molar-refractivity contribution in [2.75, 3.05) is 19.8 Å². The first-order chi connectivity index (χ1) is 7.27. The summed E-state index contributed by atoms with van der Waals surface area (Å²) in [6.45, 7) is 8.25. The molecule has 0 aromatic carbocycles. The minimum absolute atomic E-state index is 0.693. The normalized spacial score (nSPS) is 32.5. The number of hydrogen-bond donors (Lipinski definition) is 1. The standard InChI is InChI=1S/C13H21NO/c1-10(2)9-15-7-6-14-13-8-11-4-3-5-12(11)13/h3,5,11-14H,1,4,6-9H2,2H3. The fourth-order valence-electron chi connectivity index (χ4n) is 2.51. The van der Waals surface area contributed by atoms with E-state index in [0.717, 1.165) is 30.6 Å². The van der Waals surface area contributed by atoms with E-state index >= 15 is 0 Å². The topological polar surface area (TPSA) is 21.3 Å². The zero-order valence-electron chi connectivity index (χ0n) is 9.54. The summed E-state index contributed by atoms with van der Waals surface area (Å²) in [4.78, 5) is 0. The molecular formula is C13H21NO. The summed E-state index contributed by atoms with van der Waals surface area (Å²) in [5, 5.41) is 3.56. The van der Waals surface area contributed by atoms with Crippen LogP contribution in [0.1, 0.15) is 19.8 Å². The molecule has 2 aliphatic carbocycles. The van der Waals surface area contributed by atoms with Crippen LogP contribution in [-0.2, 0) is 4.74 Å². The molecule has 0 saturated heterocycles. The lowest BCUT2D eigenvalue weighted by molar-refractivity contribution is 0.125. The molecule has 0 aromatic rings. The van der Waals surface area contributed by atoms with Gasteiger partial charge in [-0.25, -0.2) is 0 Å². The molecule has 3 unspecified atom stereocenters. The number of fused-ring (bicyclic) bond motifs is 1. The second kappa shape index (κ2) is 4.95. The zero-order chi connectivity index (χ0) is 10.7. The highest BCUT2D eigenvalue weighted by Gasteiger charge is 2.40. The highest BCUT2D eigenvalue weighted by Crippen LogP contribution is 2.42. The Morgan fingerprint density at radius 2 is 2.47 bits per heavy atom. The Hall–Kier alpha value is -0.600. The number of nitrogens with one attached hydrogen (secondary N) is 1. The molecule has 0 radical (unpaired) electrons. The van der Waals surface area contributed by atoms with Crippen molar-refractivity contribution in [1.29, 1.82) is 0 Å². The lowest BCUT2D eigenvalue weighted by atomic mass is 9.71. The molecule has 0 aliphatic heterocycles. The van der Waals surface area contributed by atoms with Gasteiger partial charge in [0.1, 0.15) is 0 Å². The molecule has 2 aliphatic rings. The lowest BCUT2D eigenvalue weighted by Gasteiger charge is -2.40. The fraction of sp³-hybridized carbons (Fsp3) is 0.692. The third-order valence-electron chi connectivity index (χ3n) is 3.36. The monoisotopic (exact) mass is 207 g/mol. The predicted molar refractivity (Wildman–Crippen MR) is 62.8 cm³/mol. The van der Waals surface area contributed by atoms with Crippen LogP contribution >= 0.6 is 0 Å². The Morgan fingerprint density at radius 3 is 3.20 bits per heavy atom. The third-order valence-corrected chi connectivity index (χ3v) is 3.36. The van der Waals surface area contributed by atoms with Gasteiger partial charge < -0.3 is 10.1 Å². The average molecular weight is 207 g/mol. The van der Waals surface area contributed by atoms with Gasteiger partial charge in [0.25, 0.3) is 0 Å². The Kier molecular flexibility index (Phi) is 3.60. The van der Waals surface area contributed by atoms with Crippen LogP contribution in [0.5, 0.6) is 0 Å². The van der Waals surface area contributed by atoms with E-state index in [-0.39, 0.29) is 0 Å². The number of hydrogen-bond acceptors (Lipinski definition) is 2. The van der Waals surface area contributed by atoms with Gasteiger partial charge in [-0.15, -0.1) is 0 Å². The molecule has 0 amide bonds. The number of rotatable bonds is 6. The molecule has 1 fully saturated rings. The fourth-order valence-corrected chi connectivity index (χ4v) is 2.51. The SMILES string of the molecule is C=C(C)COCCNC1CC2CC=CC21. The van der Waals surface area contributed by atoms with Crippen molar-refractivity contribution >= 4 is 0 Å². The van der Waals surface area contributed by atoms with E-state index in [4.69, 9.17) is 4.74 Å². The maximum absolute atomic E-state index is 5.45. The quantitative estimate of drug-likeness (QED) is 0.532. The maximum atomic E-state index is 5.45. The smallest absolute Gasteiger partial charge is 0.0672 e. The van der Waals surface area contributed by atoms with Gasteiger partial charge in [-0.1, -0.05) is 24.3 Å². The van der Waals surface area contributed by atoms with Crippen LogP contribution in [0.15, 0.2) is 24.3 Å². The van der Waals surface area contributed by atoms with Crippen molar-refractivity contribution in [3.63, 3.8) is 0 Å². The van der Waals surface area contributed by atoms with E-state index in [1.807, 2.05) is 6.92 Å². The first-order valence-corrected chi connectivity index (χ1v) is 5.89. The van der Waals surface area contributed by atoms with Gasteiger partial charge in [-0.3, -0.25) is 0 Å². The molecule has 0 bridgehead atoms. The summed E-state index contributed by atoms with van der Waals surface area (Å²) in [5.74, 6) is 1.75. The van der Waals surface area contributed by atoms with Crippen molar-refractivity contribution in [3.8, 4) is 0 Å². The van der Waals surface area contributed by atoms with Gasteiger partial charge in [0.2, 0.25) is 0 Å². The van der Waals surface area contributed by atoms with Crippen LogP contribution in [0.3, 0.4) is 0 Å². The van der Waals surface area contributed by atoms with Crippen molar-refractivity contribution in [2.45, 2.75) is 25.8 Å². The van der Waals surface area contributed by atoms with Crippen molar-refractivity contribution in [3.05, 3.63) is 24.3 Å². The van der Waals surface area contributed by atoms with Crippen molar-refractivity contribution in [1.82, 2.24) is 5.32 Å². The number of allylic oxidation sites excluding steroid dienone is 1. The van der Waals surface area contributed by atoms with Gasteiger partial charge in [0.05, 0.1) is 13.2 Å². The van der Waals surface area contributed by atoms with Gasteiger partial charge in [-0.05, 0) is 31.6 Å². The zero-order valence-corrected chi connectivity index (χ0v) is 9.54. The van der Waals surface area contributed by atoms with Crippen LogP contribution < -0.4 is 5.32 Å². The number of ether oxygens (including phenoxy) is 1. The minimum atomic E-state index is 0.693. The molecular weight excluding hydrogens is 186 g/mol. The first-order valence-electron chi connectivity index (χ1n) is 5.89. The van der Waals surface area contributed by atoms with Crippen molar-refractivity contribution < 1.29 is 4.74 Å². The van der Waals surface area contributed by atoms with E-state index in [0.29, 0.717) is 12.6 Å². The van der Waals surface area contributed by atoms with Crippen LogP contribution in [0, 0.1) is 11.8 Å². The Balaban J connectivity index is 1.52. The average Bonchev–Trinajstić information content (AvgIpc) is 2.53. The highest BCUT2D eigenvalue weighted by molar-refractivity contribution is 5.12. The molecule has 0 heterocycles. The van der Waals surface area contributed by atoms with Crippen LogP contribution in [0.2, 0.25) is 0 Å². The molecule has 3 atom stereocenters. The third kappa shape index (κ3) is 2.70. The van der Waals surface area contributed by atoms with Gasteiger partial charge in [-0.2, -0.15) is 0 Å². The molecule has 2 nitrogen and oxygen atoms in total. The summed E-state index contributed by atoms with van der Waals surface area (Å²) in [6.07, 6.45) is 7.35. The lowest BCUT2D eigenvalue weighted by Crippen LogP contribution is -2.48. The summed E-state index contributed by atoms with van der Waals surface area (Å²) < 4.78 is 5.45. The Labute approximate surface area is 92.4 Å².